The predicted octanol–water partition coefficient (Wildman–Crippen LogP) is 4.52. The molecule has 26 heavy (non-hydrogen) atoms. The highest BCUT2D eigenvalue weighted by Gasteiger charge is 2.34. The quantitative estimate of drug-likeness (QED) is 0.845. The molecule has 0 radical (unpaired) electrons. The summed E-state index contributed by atoms with van der Waals surface area (Å²) in [6, 6.07) is 3.41. The number of likely N-dealkylation sites (tertiary alicyclic amines) is 1. The molecule has 9 heteroatoms. The van der Waals surface area contributed by atoms with Crippen LogP contribution in [0.15, 0.2) is 30.6 Å². The van der Waals surface area contributed by atoms with Crippen molar-refractivity contribution in [2.24, 2.45) is 0 Å². The second-order valence-corrected chi connectivity index (χ2v) is 6.39. The molecule has 1 N–H and O–H groups in total. The van der Waals surface area contributed by atoms with Crippen molar-refractivity contribution in [2.75, 3.05) is 18.4 Å². The van der Waals surface area contributed by atoms with Crippen molar-refractivity contribution in [2.45, 2.75) is 25.4 Å². The van der Waals surface area contributed by atoms with Crippen molar-refractivity contribution in [3.8, 4) is 0 Å². The van der Waals surface area contributed by atoms with Crippen molar-refractivity contribution in [3.63, 3.8) is 0 Å². The number of hydrogen-bond acceptors (Lipinski definition) is 4. The average molecular weight is 385 g/mol. The molecule has 1 aromatic carbocycles. The number of benzene rings is 1. The van der Waals surface area contributed by atoms with Gasteiger partial charge in [-0.2, -0.15) is 13.2 Å². The van der Waals surface area contributed by atoms with Gasteiger partial charge >= 0.3 is 6.18 Å². The third kappa shape index (κ3) is 4.24. The molecule has 2 heterocycles. The van der Waals surface area contributed by atoms with Crippen LogP contribution in [0.4, 0.5) is 24.7 Å². The van der Waals surface area contributed by atoms with Crippen LogP contribution in [-0.2, 0) is 6.18 Å². The minimum Gasteiger partial charge on any atom is -0.338 e. The summed E-state index contributed by atoms with van der Waals surface area (Å²) < 4.78 is 39.4. The maximum atomic E-state index is 13.1. The fourth-order valence-corrected chi connectivity index (χ4v) is 2.93. The molecule has 1 aliphatic rings. The Bertz CT molecular complexity index is 790. The number of amides is 1. The largest absolute Gasteiger partial charge is 0.418 e. The number of hydrogen-bond donors (Lipinski definition) is 1. The van der Waals surface area contributed by atoms with Crippen LogP contribution in [0.25, 0.3) is 0 Å². The van der Waals surface area contributed by atoms with Crippen LogP contribution >= 0.6 is 11.6 Å². The Balaban J connectivity index is 1.77. The summed E-state index contributed by atoms with van der Waals surface area (Å²) in [6.45, 7) is 1.36. The number of halogens is 4. The standard InChI is InChI=1S/C17H16ClF3N4O/c18-11-4-5-13(12(8-11)17(19,20)21)24-15-10-22-14(9-23-15)16(26)25-6-2-1-3-7-25/h4-5,8-10H,1-3,6-7H2,(H,23,24). The van der Waals surface area contributed by atoms with Gasteiger partial charge in [-0.05, 0) is 37.5 Å². The van der Waals surface area contributed by atoms with E-state index in [4.69, 9.17) is 11.6 Å². The summed E-state index contributed by atoms with van der Waals surface area (Å²) >= 11 is 5.66. The van der Waals surface area contributed by atoms with Gasteiger partial charge in [0.25, 0.3) is 5.91 Å². The number of carbonyl (C=O) groups excluding carboxylic acids is 1. The molecule has 0 bridgehead atoms. The van der Waals surface area contributed by atoms with E-state index in [1.54, 1.807) is 4.90 Å². The lowest BCUT2D eigenvalue weighted by Gasteiger charge is -2.26. The second-order valence-electron chi connectivity index (χ2n) is 5.95. The van der Waals surface area contributed by atoms with E-state index in [1.807, 2.05) is 0 Å². The molecule has 1 fully saturated rings. The van der Waals surface area contributed by atoms with Gasteiger partial charge in [0.05, 0.1) is 23.6 Å². The van der Waals surface area contributed by atoms with Gasteiger partial charge in [0.15, 0.2) is 0 Å². The normalized spacial score (nSPS) is 15.0. The smallest absolute Gasteiger partial charge is 0.338 e. The highest BCUT2D eigenvalue weighted by Crippen LogP contribution is 2.37. The third-order valence-corrected chi connectivity index (χ3v) is 4.30. The van der Waals surface area contributed by atoms with Gasteiger partial charge in [-0.1, -0.05) is 11.6 Å². The Hall–Kier alpha value is -2.35. The maximum Gasteiger partial charge on any atom is 0.418 e. The highest BCUT2D eigenvalue weighted by molar-refractivity contribution is 6.30. The van der Waals surface area contributed by atoms with Gasteiger partial charge in [-0.25, -0.2) is 9.97 Å². The SMILES string of the molecule is O=C(c1cnc(Nc2ccc(Cl)cc2C(F)(F)F)cn1)N1CCCCC1. The fourth-order valence-electron chi connectivity index (χ4n) is 2.76. The van der Waals surface area contributed by atoms with Gasteiger partial charge < -0.3 is 10.2 Å². The third-order valence-electron chi connectivity index (χ3n) is 4.06. The Kier molecular flexibility index (Phi) is 5.31. The minimum absolute atomic E-state index is 0.0172. The Morgan fingerprint density at radius 2 is 1.85 bits per heavy atom. The molecule has 0 unspecified atom stereocenters. The monoisotopic (exact) mass is 384 g/mol. The Labute approximate surface area is 153 Å². The van der Waals surface area contributed by atoms with Gasteiger partial charge in [0, 0.05) is 18.1 Å². The number of anilines is 2. The summed E-state index contributed by atoms with van der Waals surface area (Å²) in [5.41, 5.74) is -0.920. The number of nitrogens with zero attached hydrogens (tertiary/aromatic N) is 3. The van der Waals surface area contributed by atoms with Crippen LogP contribution in [0, 0.1) is 0 Å². The van der Waals surface area contributed by atoms with Crippen LogP contribution in [-0.4, -0.2) is 33.9 Å². The summed E-state index contributed by atoms with van der Waals surface area (Å²) in [5, 5.41) is 2.56. The first-order valence-corrected chi connectivity index (χ1v) is 8.47. The van der Waals surface area contributed by atoms with E-state index in [-0.39, 0.29) is 28.1 Å². The van der Waals surface area contributed by atoms with E-state index in [9.17, 15) is 18.0 Å². The van der Waals surface area contributed by atoms with Crippen molar-refractivity contribution in [1.29, 1.82) is 0 Å². The zero-order valence-electron chi connectivity index (χ0n) is 13.7. The van der Waals surface area contributed by atoms with Gasteiger partial charge in [-0.15, -0.1) is 0 Å². The van der Waals surface area contributed by atoms with E-state index in [2.05, 4.69) is 15.3 Å². The van der Waals surface area contributed by atoms with Crippen LogP contribution in [0.5, 0.6) is 0 Å². The summed E-state index contributed by atoms with van der Waals surface area (Å²) in [6.07, 6.45) is 0.950. The molecule has 0 aliphatic carbocycles. The second kappa shape index (κ2) is 7.49. The number of aromatic nitrogens is 2. The number of piperidine rings is 1. The lowest BCUT2D eigenvalue weighted by atomic mass is 10.1. The van der Waals surface area contributed by atoms with Crippen LogP contribution < -0.4 is 5.32 Å². The minimum atomic E-state index is -4.56. The molecule has 0 spiro atoms. The number of alkyl halides is 3. The van der Waals surface area contributed by atoms with Crippen LogP contribution in [0.3, 0.4) is 0 Å². The lowest BCUT2D eigenvalue weighted by Crippen LogP contribution is -2.36. The summed E-state index contributed by atoms with van der Waals surface area (Å²) in [5.74, 6) is -0.112. The van der Waals surface area contributed by atoms with Crippen LogP contribution in [0.1, 0.15) is 35.3 Å². The zero-order chi connectivity index (χ0) is 18.7. The van der Waals surface area contributed by atoms with E-state index in [0.29, 0.717) is 13.1 Å². The molecule has 0 saturated carbocycles. The maximum absolute atomic E-state index is 13.1. The van der Waals surface area contributed by atoms with Crippen molar-refractivity contribution < 1.29 is 18.0 Å². The highest BCUT2D eigenvalue weighted by atomic mass is 35.5. The number of nitrogens with one attached hydrogen (secondary N) is 1. The summed E-state index contributed by atoms with van der Waals surface area (Å²) in [7, 11) is 0. The average Bonchev–Trinajstić information content (AvgIpc) is 2.63. The Morgan fingerprint density at radius 3 is 2.46 bits per heavy atom. The fraction of sp³-hybridized carbons (Fsp3) is 0.353. The molecule has 1 saturated heterocycles. The lowest BCUT2D eigenvalue weighted by molar-refractivity contribution is -0.136. The molecular weight excluding hydrogens is 369 g/mol. The molecule has 1 aromatic heterocycles. The topological polar surface area (TPSA) is 58.1 Å². The Morgan fingerprint density at radius 1 is 1.12 bits per heavy atom. The van der Waals surface area contributed by atoms with E-state index < -0.39 is 11.7 Å². The molecule has 1 aliphatic heterocycles. The molecular formula is C17H16ClF3N4O. The molecule has 3 rings (SSSR count). The van der Waals surface area contributed by atoms with Crippen molar-refractivity contribution in [1.82, 2.24) is 14.9 Å². The molecule has 2 aromatic rings. The van der Waals surface area contributed by atoms with E-state index in [0.717, 1.165) is 25.3 Å². The van der Waals surface area contributed by atoms with Gasteiger partial charge in [-0.3, -0.25) is 4.79 Å². The molecule has 138 valence electrons. The zero-order valence-corrected chi connectivity index (χ0v) is 14.4. The molecule has 0 atom stereocenters. The van der Waals surface area contributed by atoms with Crippen molar-refractivity contribution >= 4 is 29.0 Å². The van der Waals surface area contributed by atoms with E-state index in [1.165, 1.54) is 24.5 Å². The predicted molar refractivity (Wildman–Crippen MR) is 91.5 cm³/mol. The first-order chi connectivity index (χ1) is 12.3. The first kappa shape index (κ1) is 18.4. The van der Waals surface area contributed by atoms with Crippen LogP contribution in [0.2, 0.25) is 5.02 Å². The van der Waals surface area contributed by atoms with Gasteiger partial charge in [0.1, 0.15) is 11.5 Å². The molecule has 5 nitrogen and oxygen atoms in total. The summed E-state index contributed by atoms with van der Waals surface area (Å²) in [4.78, 5) is 22.1. The number of carbonyl (C=O) groups is 1. The van der Waals surface area contributed by atoms with Gasteiger partial charge in [0.2, 0.25) is 0 Å². The van der Waals surface area contributed by atoms with Crippen molar-refractivity contribution in [3.05, 3.63) is 46.9 Å². The first-order valence-electron chi connectivity index (χ1n) is 8.10. The van der Waals surface area contributed by atoms with E-state index >= 15 is 0 Å². The molecule has 1 amide bonds. The number of rotatable bonds is 3.